The highest BCUT2D eigenvalue weighted by Gasteiger charge is 2.16. The maximum absolute atomic E-state index is 9.51. The number of nitrogens with zero attached hydrogens (tertiary/aromatic N) is 6. The summed E-state index contributed by atoms with van der Waals surface area (Å²) < 4.78 is 5.03. The minimum absolute atomic E-state index is 0.441. The average molecular weight is 460 g/mol. The Bertz CT molecular complexity index is 1120. The van der Waals surface area contributed by atoms with Gasteiger partial charge in [-0.05, 0) is 57.2 Å². The number of anilines is 4. The lowest BCUT2D eigenvalue weighted by molar-refractivity contribution is 0.210. The van der Waals surface area contributed by atoms with Gasteiger partial charge in [-0.1, -0.05) is 0 Å². The van der Waals surface area contributed by atoms with Crippen LogP contribution in [0.5, 0.6) is 0 Å². The van der Waals surface area contributed by atoms with E-state index in [2.05, 4.69) is 53.9 Å². The number of methoxy groups -OCH3 is 1. The molecule has 1 saturated heterocycles. The molecule has 0 bridgehead atoms. The first-order valence-corrected chi connectivity index (χ1v) is 11.3. The summed E-state index contributed by atoms with van der Waals surface area (Å²) in [5.74, 6) is 1.83. The number of piperidine rings is 1. The number of hydrogen-bond acceptors (Lipinski definition) is 10. The van der Waals surface area contributed by atoms with E-state index in [1.165, 1.54) is 0 Å². The quantitative estimate of drug-likeness (QED) is 0.411. The molecule has 3 aromatic rings. The summed E-state index contributed by atoms with van der Waals surface area (Å²) in [6.07, 6.45) is 7.36. The first kappa shape index (κ1) is 23.4. The van der Waals surface area contributed by atoms with Crippen LogP contribution in [0.4, 0.5) is 23.3 Å². The van der Waals surface area contributed by atoms with Crippen molar-refractivity contribution >= 4 is 23.3 Å². The third kappa shape index (κ3) is 6.15. The maximum atomic E-state index is 9.51. The van der Waals surface area contributed by atoms with Gasteiger partial charge in [0.25, 0.3) is 0 Å². The van der Waals surface area contributed by atoms with Gasteiger partial charge in [-0.2, -0.15) is 5.26 Å². The third-order valence-corrected chi connectivity index (χ3v) is 5.65. The molecular formula is C24H29N9O. The SMILES string of the molecule is COCCNc1ncc(-c2ccnc(Nc3ccc(NC4CCN(C)CC4)nc3)n2)cc1C#N. The summed E-state index contributed by atoms with van der Waals surface area (Å²) in [4.78, 5) is 20.1. The van der Waals surface area contributed by atoms with Crippen LogP contribution >= 0.6 is 0 Å². The van der Waals surface area contributed by atoms with Crippen LogP contribution in [0.25, 0.3) is 11.3 Å². The normalized spacial score (nSPS) is 14.4. The van der Waals surface area contributed by atoms with Crippen molar-refractivity contribution in [3.8, 4) is 17.3 Å². The van der Waals surface area contributed by atoms with Crippen LogP contribution in [0.1, 0.15) is 18.4 Å². The predicted molar refractivity (Wildman–Crippen MR) is 132 cm³/mol. The van der Waals surface area contributed by atoms with E-state index in [-0.39, 0.29) is 0 Å². The number of likely N-dealkylation sites (tertiary alicyclic amines) is 1. The fourth-order valence-electron chi connectivity index (χ4n) is 3.73. The fourth-order valence-corrected chi connectivity index (χ4v) is 3.73. The molecule has 0 unspecified atom stereocenters. The molecule has 1 aliphatic rings. The Morgan fingerprint density at radius 1 is 1.15 bits per heavy atom. The van der Waals surface area contributed by atoms with Crippen LogP contribution in [0, 0.1) is 11.3 Å². The number of rotatable bonds is 9. The molecule has 1 fully saturated rings. The first-order chi connectivity index (χ1) is 16.6. The molecule has 0 spiro atoms. The fraction of sp³-hybridized carbons (Fsp3) is 0.375. The van der Waals surface area contributed by atoms with Crippen LogP contribution < -0.4 is 16.0 Å². The van der Waals surface area contributed by atoms with E-state index < -0.39 is 0 Å². The second kappa shape index (κ2) is 11.4. The van der Waals surface area contributed by atoms with E-state index in [4.69, 9.17) is 4.74 Å². The number of nitriles is 1. The van der Waals surface area contributed by atoms with E-state index in [9.17, 15) is 5.26 Å². The Morgan fingerprint density at radius 2 is 2.00 bits per heavy atom. The predicted octanol–water partition coefficient (Wildman–Crippen LogP) is 3.11. The Balaban J connectivity index is 1.41. The number of ether oxygens (including phenoxy) is 1. The van der Waals surface area contributed by atoms with Crippen molar-refractivity contribution in [1.82, 2.24) is 24.8 Å². The molecule has 4 rings (SSSR count). The van der Waals surface area contributed by atoms with E-state index in [0.29, 0.717) is 42.2 Å². The molecule has 0 aliphatic carbocycles. The van der Waals surface area contributed by atoms with E-state index in [0.717, 1.165) is 43.0 Å². The van der Waals surface area contributed by atoms with Gasteiger partial charge in [-0.15, -0.1) is 0 Å². The van der Waals surface area contributed by atoms with Gasteiger partial charge in [-0.3, -0.25) is 0 Å². The largest absolute Gasteiger partial charge is 0.383 e. The smallest absolute Gasteiger partial charge is 0.227 e. The van der Waals surface area contributed by atoms with Crippen molar-refractivity contribution in [3.63, 3.8) is 0 Å². The van der Waals surface area contributed by atoms with Crippen molar-refractivity contribution in [3.05, 3.63) is 48.4 Å². The summed E-state index contributed by atoms with van der Waals surface area (Å²) in [5, 5.41) is 19.3. The molecule has 0 amide bonds. The Labute approximate surface area is 199 Å². The van der Waals surface area contributed by atoms with Gasteiger partial charge in [0.05, 0.1) is 29.7 Å². The van der Waals surface area contributed by atoms with Crippen LogP contribution in [0.3, 0.4) is 0 Å². The highest BCUT2D eigenvalue weighted by molar-refractivity contribution is 5.66. The van der Waals surface area contributed by atoms with Gasteiger partial charge >= 0.3 is 0 Å². The monoisotopic (exact) mass is 459 g/mol. The Morgan fingerprint density at radius 3 is 2.74 bits per heavy atom. The van der Waals surface area contributed by atoms with Crippen LogP contribution in [0.2, 0.25) is 0 Å². The lowest BCUT2D eigenvalue weighted by atomic mass is 10.1. The van der Waals surface area contributed by atoms with Gasteiger partial charge in [0.2, 0.25) is 5.95 Å². The molecule has 0 saturated carbocycles. The topological polar surface area (TPSA) is 124 Å². The standard InChI is InChI=1S/C24H29N9O/c1-33-10-6-19(7-11-33)30-22-4-3-20(16-28-22)31-24-27-8-5-21(32-24)18-13-17(14-25)23(29-15-18)26-9-12-34-2/h3-5,8,13,15-16,19H,6-7,9-12H2,1-2H3,(H,26,29)(H,28,30)(H,27,31,32). The summed E-state index contributed by atoms with van der Waals surface area (Å²) in [7, 11) is 3.78. The van der Waals surface area contributed by atoms with Gasteiger partial charge < -0.3 is 25.6 Å². The maximum Gasteiger partial charge on any atom is 0.227 e. The van der Waals surface area contributed by atoms with E-state index in [1.54, 1.807) is 37.8 Å². The van der Waals surface area contributed by atoms with Crippen molar-refractivity contribution in [2.75, 3.05) is 56.3 Å². The Kier molecular flexibility index (Phi) is 7.80. The first-order valence-electron chi connectivity index (χ1n) is 11.3. The van der Waals surface area contributed by atoms with Crippen molar-refractivity contribution in [2.45, 2.75) is 18.9 Å². The molecule has 4 heterocycles. The van der Waals surface area contributed by atoms with E-state index in [1.807, 2.05) is 12.1 Å². The zero-order valence-corrected chi connectivity index (χ0v) is 19.5. The lowest BCUT2D eigenvalue weighted by Crippen LogP contribution is -2.36. The number of aromatic nitrogens is 4. The Hall–Kier alpha value is -3.81. The summed E-state index contributed by atoms with van der Waals surface area (Å²) in [6.45, 7) is 3.30. The van der Waals surface area contributed by atoms with E-state index >= 15 is 0 Å². The molecule has 10 nitrogen and oxygen atoms in total. The molecule has 0 radical (unpaired) electrons. The van der Waals surface area contributed by atoms with Gasteiger partial charge in [0.15, 0.2) is 0 Å². The molecule has 0 atom stereocenters. The summed E-state index contributed by atoms with van der Waals surface area (Å²) in [6, 6.07) is 10.1. The van der Waals surface area contributed by atoms with Crippen molar-refractivity contribution in [2.24, 2.45) is 0 Å². The minimum atomic E-state index is 0.441. The molecule has 3 aromatic heterocycles. The summed E-state index contributed by atoms with van der Waals surface area (Å²) >= 11 is 0. The van der Waals surface area contributed by atoms with Crippen molar-refractivity contribution in [1.29, 1.82) is 5.26 Å². The minimum Gasteiger partial charge on any atom is -0.383 e. The zero-order chi connectivity index (χ0) is 23.8. The van der Waals surface area contributed by atoms with Gasteiger partial charge in [0, 0.05) is 37.7 Å². The number of pyridine rings is 2. The lowest BCUT2D eigenvalue weighted by Gasteiger charge is -2.29. The molecule has 10 heteroatoms. The molecular weight excluding hydrogens is 430 g/mol. The van der Waals surface area contributed by atoms with Crippen LogP contribution in [-0.4, -0.2) is 71.3 Å². The summed E-state index contributed by atoms with van der Waals surface area (Å²) in [5.41, 5.74) is 2.63. The van der Waals surface area contributed by atoms with Gasteiger partial charge in [0.1, 0.15) is 17.7 Å². The number of hydrogen-bond donors (Lipinski definition) is 3. The van der Waals surface area contributed by atoms with Gasteiger partial charge in [-0.25, -0.2) is 19.9 Å². The zero-order valence-electron chi connectivity index (χ0n) is 19.5. The molecule has 3 N–H and O–H groups in total. The van der Waals surface area contributed by atoms with Crippen molar-refractivity contribution < 1.29 is 4.74 Å². The number of nitrogens with one attached hydrogen (secondary N) is 3. The third-order valence-electron chi connectivity index (χ3n) is 5.65. The van der Waals surface area contributed by atoms with Crippen LogP contribution in [-0.2, 0) is 4.74 Å². The molecule has 0 aromatic carbocycles. The molecule has 176 valence electrons. The average Bonchev–Trinajstić information content (AvgIpc) is 2.87. The molecule has 1 aliphatic heterocycles. The second-order valence-corrected chi connectivity index (χ2v) is 8.20. The second-order valence-electron chi connectivity index (χ2n) is 8.20. The highest BCUT2D eigenvalue weighted by atomic mass is 16.5. The highest BCUT2D eigenvalue weighted by Crippen LogP contribution is 2.23. The van der Waals surface area contributed by atoms with Crippen LogP contribution in [0.15, 0.2) is 42.9 Å². The molecule has 34 heavy (non-hydrogen) atoms.